The monoisotopic (exact) mass is 442 g/mol. The van der Waals surface area contributed by atoms with Crippen LogP contribution < -0.4 is 15.4 Å². The number of amidine groups is 1. The van der Waals surface area contributed by atoms with Crippen LogP contribution in [0.1, 0.15) is 32.3 Å². The number of nitrogens with two attached hydrogens (primary N) is 1. The second-order valence-corrected chi connectivity index (χ2v) is 8.07. The maximum absolute atomic E-state index is 13.0. The number of hydrogen-bond acceptors (Lipinski definition) is 6. The molecule has 2 amide bonds. The standard InChI is InChI=1S/C22H23FN4O3S/c1-3-12-30-18-10-8-17(9-11-18)27-20(28)13-19(21(27)29)31-22(24)26-25-14(2)15-4-6-16(23)7-5-15/h4-11,19H,3,12-13H2,1-2H3,(H2,24,26)/b25-14-/t19-/m1/s1. The van der Waals surface area contributed by atoms with Crippen LogP contribution >= 0.6 is 11.8 Å². The van der Waals surface area contributed by atoms with Crippen molar-refractivity contribution < 1.29 is 18.7 Å². The number of nitrogens with zero attached hydrogens (tertiary/aromatic N) is 3. The predicted octanol–water partition coefficient (Wildman–Crippen LogP) is 3.72. The summed E-state index contributed by atoms with van der Waals surface area (Å²) in [6.45, 7) is 4.33. The molecule has 0 bridgehead atoms. The summed E-state index contributed by atoms with van der Waals surface area (Å²) in [7, 11) is 0. The number of carbonyl (C=O) groups excluding carboxylic acids is 2. The first-order valence-corrected chi connectivity index (χ1v) is 10.7. The lowest BCUT2D eigenvalue weighted by molar-refractivity contribution is -0.121. The smallest absolute Gasteiger partial charge is 0.247 e. The van der Waals surface area contributed by atoms with E-state index in [0.29, 0.717) is 29.3 Å². The van der Waals surface area contributed by atoms with Crippen LogP contribution in [0.2, 0.25) is 0 Å². The molecule has 1 aliphatic heterocycles. The van der Waals surface area contributed by atoms with Crippen LogP contribution in [0.15, 0.2) is 58.7 Å². The molecular weight excluding hydrogens is 419 g/mol. The molecule has 2 aromatic carbocycles. The molecule has 0 aromatic heterocycles. The zero-order valence-electron chi connectivity index (χ0n) is 17.2. The lowest BCUT2D eigenvalue weighted by atomic mass is 10.1. The topological polar surface area (TPSA) is 97.3 Å². The number of carbonyl (C=O) groups is 2. The van der Waals surface area contributed by atoms with Crippen molar-refractivity contribution in [2.24, 2.45) is 15.9 Å². The SMILES string of the molecule is CCCOc1ccc(N2C(=O)C[C@@H](SC(N)=N/N=C(/C)c3ccc(F)cc3)C2=O)cc1. The van der Waals surface area contributed by atoms with Gasteiger partial charge in [0.1, 0.15) is 16.8 Å². The maximum Gasteiger partial charge on any atom is 0.247 e. The number of anilines is 1. The van der Waals surface area contributed by atoms with E-state index in [1.807, 2.05) is 6.92 Å². The quantitative estimate of drug-likeness (QED) is 0.305. The van der Waals surface area contributed by atoms with Gasteiger partial charge in [-0.2, -0.15) is 5.10 Å². The number of hydrogen-bond donors (Lipinski definition) is 1. The highest BCUT2D eigenvalue weighted by Crippen LogP contribution is 2.30. The Hall–Kier alpha value is -3.20. The second kappa shape index (κ2) is 10.2. The summed E-state index contributed by atoms with van der Waals surface area (Å²) >= 11 is 0.995. The molecule has 1 saturated heterocycles. The molecule has 31 heavy (non-hydrogen) atoms. The van der Waals surface area contributed by atoms with E-state index in [2.05, 4.69) is 10.2 Å². The van der Waals surface area contributed by atoms with Gasteiger partial charge < -0.3 is 10.5 Å². The number of thioether (sulfide) groups is 1. The van der Waals surface area contributed by atoms with Crippen molar-refractivity contribution in [1.29, 1.82) is 0 Å². The highest BCUT2D eigenvalue weighted by Gasteiger charge is 2.40. The summed E-state index contributed by atoms with van der Waals surface area (Å²) in [5.41, 5.74) is 7.65. The van der Waals surface area contributed by atoms with Crippen molar-refractivity contribution in [1.82, 2.24) is 0 Å². The highest BCUT2D eigenvalue weighted by molar-refractivity contribution is 8.14. The molecule has 3 rings (SSSR count). The Balaban J connectivity index is 1.65. The van der Waals surface area contributed by atoms with Gasteiger partial charge in [0.2, 0.25) is 11.8 Å². The number of amides is 2. The minimum atomic E-state index is -0.673. The van der Waals surface area contributed by atoms with Gasteiger partial charge in [-0.15, -0.1) is 5.10 Å². The first-order valence-electron chi connectivity index (χ1n) is 9.79. The number of imide groups is 1. The zero-order valence-corrected chi connectivity index (χ0v) is 18.1. The van der Waals surface area contributed by atoms with Crippen LogP contribution in [0, 0.1) is 5.82 Å². The Bertz CT molecular complexity index is 1010. The third-order valence-electron chi connectivity index (χ3n) is 4.50. The van der Waals surface area contributed by atoms with Crippen LogP contribution in [0.3, 0.4) is 0 Å². The fourth-order valence-electron chi connectivity index (χ4n) is 2.92. The molecule has 0 aliphatic carbocycles. The van der Waals surface area contributed by atoms with E-state index in [-0.39, 0.29) is 29.2 Å². The van der Waals surface area contributed by atoms with Gasteiger partial charge in [-0.25, -0.2) is 9.29 Å². The molecule has 0 radical (unpaired) electrons. The fourth-order valence-corrected chi connectivity index (χ4v) is 3.73. The third-order valence-corrected chi connectivity index (χ3v) is 5.47. The lowest BCUT2D eigenvalue weighted by Crippen LogP contribution is -2.31. The molecule has 1 aliphatic rings. The Morgan fingerprint density at radius 2 is 1.84 bits per heavy atom. The van der Waals surface area contributed by atoms with Crippen LogP contribution in [0.25, 0.3) is 0 Å². The Morgan fingerprint density at radius 1 is 1.16 bits per heavy atom. The molecule has 2 aromatic rings. The van der Waals surface area contributed by atoms with Crippen molar-refractivity contribution in [2.75, 3.05) is 11.5 Å². The van der Waals surface area contributed by atoms with Gasteiger partial charge in [-0.3, -0.25) is 9.59 Å². The molecule has 0 saturated carbocycles. The summed E-state index contributed by atoms with van der Waals surface area (Å²) < 4.78 is 18.6. The van der Waals surface area contributed by atoms with Crippen molar-refractivity contribution in [3.63, 3.8) is 0 Å². The van der Waals surface area contributed by atoms with Gasteiger partial charge in [0.15, 0.2) is 5.17 Å². The molecule has 0 spiro atoms. The zero-order chi connectivity index (χ0) is 22.4. The van der Waals surface area contributed by atoms with Crippen molar-refractivity contribution in [3.05, 3.63) is 59.9 Å². The number of rotatable bonds is 7. The average Bonchev–Trinajstić information content (AvgIpc) is 3.04. The van der Waals surface area contributed by atoms with E-state index in [1.54, 1.807) is 43.3 Å². The van der Waals surface area contributed by atoms with Gasteiger partial charge in [-0.1, -0.05) is 30.8 Å². The molecule has 1 atom stereocenters. The van der Waals surface area contributed by atoms with E-state index in [0.717, 1.165) is 23.1 Å². The largest absolute Gasteiger partial charge is 0.494 e. The molecule has 2 N–H and O–H groups in total. The van der Waals surface area contributed by atoms with Crippen LogP contribution in [-0.4, -0.2) is 34.6 Å². The van der Waals surface area contributed by atoms with E-state index >= 15 is 0 Å². The number of ether oxygens (including phenoxy) is 1. The molecule has 1 fully saturated rings. The Labute approximate surface area is 184 Å². The minimum Gasteiger partial charge on any atom is -0.494 e. The summed E-state index contributed by atoms with van der Waals surface area (Å²) in [4.78, 5) is 26.4. The third kappa shape index (κ3) is 5.69. The van der Waals surface area contributed by atoms with E-state index in [9.17, 15) is 14.0 Å². The average molecular weight is 443 g/mol. The van der Waals surface area contributed by atoms with Crippen LogP contribution in [0.4, 0.5) is 10.1 Å². The second-order valence-electron chi connectivity index (χ2n) is 6.85. The van der Waals surface area contributed by atoms with E-state index in [4.69, 9.17) is 10.5 Å². The van der Waals surface area contributed by atoms with Crippen LogP contribution in [0.5, 0.6) is 5.75 Å². The van der Waals surface area contributed by atoms with E-state index in [1.165, 1.54) is 12.1 Å². The molecule has 0 unspecified atom stereocenters. The Morgan fingerprint density at radius 3 is 2.48 bits per heavy atom. The van der Waals surface area contributed by atoms with Crippen molar-refractivity contribution in [2.45, 2.75) is 31.9 Å². The first kappa shape index (κ1) is 22.5. The first-order chi connectivity index (χ1) is 14.9. The molecular formula is C22H23FN4O3S. The van der Waals surface area contributed by atoms with Gasteiger partial charge in [0.25, 0.3) is 0 Å². The molecule has 1 heterocycles. The number of benzene rings is 2. The van der Waals surface area contributed by atoms with Crippen molar-refractivity contribution >= 4 is 40.1 Å². The summed E-state index contributed by atoms with van der Waals surface area (Å²) in [6, 6.07) is 12.7. The van der Waals surface area contributed by atoms with Gasteiger partial charge in [-0.05, 0) is 55.3 Å². The normalized spacial score (nSPS) is 17.4. The van der Waals surface area contributed by atoms with E-state index < -0.39 is 5.25 Å². The molecule has 7 nitrogen and oxygen atoms in total. The minimum absolute atomic E-state index is 0.0223. The lowest BCUT2D eigenvalue weighted by Gasteiger charge is -2.15. The van der Waals surface area contributed by atoms with Gasteiger partial charge >= 0.3 is 0 Å². The maximum atomic E-state index is 13.0. The highest BCUT2D eigenvalue weighted by atomic mass is 32.2. The van der Waals surface area contributed by atoms with Crippen LogP contribution in [-0.2, 0) is 9.59 Å². The fraction of sp³-hybridized carbons (Fsp3) is 0.273. The van der Waals surface area contributed by atoms with Gasteiger partial charge in [0.05, 0.1) is 18.0 Å². The summed E-state index contributed by atoms with van der Waals surface area (Å²) in [6.07, 6.45) is 0.911. The summed E-state index contributed by atoms with van der Waals surface area (Å²) in [5.74, 6) is -0.313. The van der Waals surface area contributed by atoms with Gasteiger partial charge in [0, 0.05) is 6.42 Å². The molecule has 162 valence electrons. The number of halogens is 1. The molecule has 9 heteroatoms. The summed E-state index contributed by atoms with van der Waals surface area (Å²) in [5, 5.41) is 7.37. The predicted molar refractivity (Wildman–Crippen MR) is 121 cm³/mol. The van der Waals surface area contributed by atoms with Crippen molar-refractivity contribution in [3.8, 4) is 5.75 Å². The Kier molecular flexibility index (Phi) is 7.41.